The molecule has 1 aliphatic rings. The van der Waals surface area contributed by atoms with Gasteiger partial charge in [-0.15, -0.1) is 0 Å². The summed E-state index contributed by atoms with van der Waals surface area (Å²) in [5.41, 5.74) is 0.940. The summed E-state index contributed by atoms with van der Waals surface area (Å²) < 4.78 is 13.4. The molecule has 0 aromatic carbocycles. The quantitative estimate of drug-likeness (QED) is 0.912. The van der Waals surface area contributed by atoms with Crippen molar-refractivity contribution in [3.8, 4) is 0 Å². The number of hydrogen-bond donors (Lipinski definition) is 1. The molecule has 0 bridgehead atoms. The Morgan fingerprint density at radius 1 is 1.45 bits per heavy atom. The molecule has 4 nitrogen and oxygen atoms in total. The van der Waals surface area contributed by atoms with Crippen LogP contribution in [-0.2, 0) is 6.54 Å². The van der Waals surface area contributed by atoms with E-state index in [9.17, 15) is 4.39 Å². The first-order chi connectivity index (χ1) is 9.65. The summed E-state index contributed by atoms with van der Waals surface area (Å²) in [5, 5.41) is 3.10. The Hall–Kier alpha value is -1.20. The van der Waals surface area contributed by atoms with Crippen LogP contribution in [0, 0.1) is 5.82 Å². The van der Waals surface area contributed by atoms with Crippen LogP contribution < -0.4 is 10.2 Å². The average molecular weight is 280 g/mol. The third-order valence-electron chi connectivity index (χ3n) is 3.92. The van der Waals surface area contributed by atoms with E-state index in [1.165, 1.54) is 6.20 Å². The molecule has 1 unspecified atom stereocenters. The van der Waals surface area contributed by atoms with Gasteiger partial charge in [0.05, 0.1) is 6.20 Å². The maximum Gasteiger partial charge on any atom is 0.141 e. The van der Waals surface area contributed by atoms with Crippen molar-refractivity contribution >= 4 is 5.82 Å². The van der Waals surface area contributed by atoms with Crippen molar-refractivity contribution in [3.63, 3.8) is 0 Å². The molecule has 1 aliphatic heterocycles. The van der Waals surface area contributed by atoms with E-state index in [0.717, 1.165) is 43.9 Å². The predicted octanol–water partition coefficient (Wildman–Crippen LogP) is 1.86. The lowest BCUT2D eigenvalue weighted by molar-refractivity contribution is 0.327. The Morgan fingerprint density at radius 2 is 2.25 bits per heavy atom. The van der Waals surface area contributed by atoms with E-state index in [1.807, 2.05) is 7.05 Å². The van der Waals surface area contributed by atoms with Gasteiger partial charge < -0.3 is 15.1 Å². The average Bonchev–Trinajstić information content (AvgIpc) is 2.61. The van der Waals surface area contributed by atoms with Gasteiger partial charge in [-0.05, 0) is 39.5 Å². The van der Waals surface area contributed by atoms with Crippen molar-refractivity contribution in [2.75, 3.05) is 38.6 Å². The van der Waals surface area contributed by atoms with Gasteiger partial charge in [0, 0.05) is 31.2 Å². The van der Waals surface area contributed by atoms with Gasteiger partial charge in [0.25, 0.3) is 0 Å². The third-order valence-corrected chi connectivity index (χ3v) is 3.92. The second-order valence-electron chi connectivity index (χ2n) is 5.54. The van der Waals surface area contributed by atoms with Gasteiger partial charge in [0.15, 0.2) is 0 Å². The van der Waals surface area contributed by atoms with Crippen LogP contribution in [-0.4, -0.2) is 49.7 Å². The van der Waals surface area contributed by atoms with E-state index in [2.05, 4.69) is 34.1 Å². The van der Waals surface area contributed by atoms with Gasteiger partial charge in [-0.1, -0.05) is 6.92 Å². The van der Waals surface area contributed by atoms with Crippen molar-refractivity contribution in [1.82, 2.24) is 15.2 Å². The Balaban J connectivity index is 2.31. The number of nitrogens with zero attached hydrogens (tertiary/aromatic N) is 3. The first-order valence-corrected chi connectivity index (χ1v) is 7.40. The summed E-state index contributed by atoms with van der Waals surface area (Å²) in [7, 11) is 4.04. The molecule has 0 aliphatic carbocycles. The fourth-order valence-corrected chi connectivity index (χ4v) is 2.92. The van der Waals surface area contributed by atoms with E-state index in [4.69, 9.17) is 0 Å². The molecule has 0 saturated carbocycles. The van der Waals surface area contributed by atoms with E-state index >= 15 is 0 Å². The third kappa shape index (κ3) is 3.46. The molecule has 2 rings (SSSR count). The van der Waals surface area contributed by atoms with Crippen LogP contribution in [0.3, 0.4) is 0 Å². The maximum absolute atomic E-state index is 13.4. The van der Waals surface area contributed by atoms with Crippen LogP contribution in [0.2, 0.25) is 0 Å². The number of pyridine rings is 1. The summed E-state index contributed by atoms with van der Waals surface area (Å²) in [6, 6.07) is 2.04. The summed E-state index contributed by atoms with van der Waals surface area (Å²) in [6.07, 6.45) is 3.52. The van der Waals surface area contributed by atoms with Crippen LogP contribution in [0.15, 0.2) is 12.3 Å². The Labute approximate surface area is 121 Å². The topological polar surface area (TPSA) is 31.4 Å². The molecule has 2 heterocycles. The van der Waals surface area contributed by atoms with Crippen molar-refractivity contribution in [2.24, 2.45) is 0 Å². The van der Waals surface area contributed by atoms with Gasteiger partial charge in [0.2, 0.25) is 0 Å². The summed E-state index contributed by atoms with van der Waals surface area (Å²) in [5.74, 6) is 0.668. The number of hydrogen-bond acceptors (Lipinski definition) is 4. The molecule has 0 spiro atoms. The lowest BCUT2D eigenvalue weighted by Gasteiger charge is -2.32. The number of likely N-dealkylation sites (N-methyl/N-ethyl adjacent to an activating group) is 1. The smallest absolute Gasteiger partial charge is 0.141 e. The Bertz CT molecular complexity index is 438. The lowest BCUT2D eigenvalue weighted by Crippen LogP contribution is -2.41. The van der Waals surface area contributed by atoms with Gasteiger partial charge >= 0.3 is 0 Å². The SMILES string of the molecule is CCC1CN(C)CCCN1c1ncc(F)cc1CNC. The summed E-state index contributed by atoms with van der Waals surface area (Å²) in [6.45, 7) is 5.98. The number of aromatic nitrogens is 1. The summed E-state index contributed by atoms with van der Waals surface area (Å²) in [4.78, 5) is 9.11. The molecular formula is C15H25FN4. The number of anilines is 1. The Morgan fingerprint density at radius 3 is 2.95 bits per heavy atom. The van der Waals surface area contributed by atoms with Gasteiger partial charge in [-0.3, -0.25) is 0 Å². The highest BCUT2D eigenvalue weighted by Gasteiger charge is 2.25. The first-order valence-electron chi connectivity index (χ1n) is 7.40. The summed E-state index contributed by atoms with van der Waals surface area (Å²) >= 11 is 0. The molecule has 1 N–H and O–H groups in total. The van der Waals surface area contributed by atoms with Crippen LogP contribution in [0.1, 0.15) is 25.3 Å². The zero-order chi connectivity index (χ0) is 14.5. The standard InChI is InChI=1S/C15H25FN4/c1-4-14-11-19(3)6-5-7-20(14)15-12(9-17-2)8-13(16)10-18-15/h8,10,14,17H,4-7,9,11H2,1-3H3. The maximum atomic E-state index is 13.4. The molecule has 0 radical (unpaired) electrons. The molecule has 1 saturated heterocycles. The zero-order valence-electron chi connectivity index (χ0n) is 12.7. The lowest BCUT2D eigenvalue weighted by atomic mass is 10.1. The Kier molecular flexibility index (Phi) is 5.31. The number of halogens is 1. The number of nitrogens with one attached hydrogen (secondary N) is 1. The van der Waals surface area contributed by atoms with Crippen LogP contribution in [0.5, 0.6) is 0 Å². The second-order valence-corrected chi connectivity index (χ2v) is 5.54. The van der Waals surface area contributed by atoms with Crippen molar-refractivity contribution in [3.05, 3.63) is 23.6 Å². The molecule has 112 valence electrons. The van der Waals surface area contributed by atoms with Crippen molar-refractivity contribution in [1.29, 1.82) is 0 Å². The monoisotopic (exact) mass is 280 g/mol. The highest BCUT2D eigenvalue weighted by Crippen LogP contribution is 2.24. The van der Waals surface area contributed by atoms with Crippen LogP contribution >= 0.6 is 0 Å². The van der Waals surface area contributed by atoms with Gasteiger partial charge in [-0.25, -0.2) is 9.37 Å². The molecule has 20 heavy (non-hydrogen) atoms. The van der Waals surface area contributed by atoms with Gasteiger partial charge in [-0.2, -0.15) is 0 Å². The molecule has 1 aromatic rings. The predicted molar refractivity (Wildman–Crippen MR) is 80.5 cm³/mol. The van der Waals surface area contributed by atoms with E-state index in [1.54, 1.807) is 6.07 Å². The molecular weight excluding hydrogens is 255 g/mol. The number of rotatable bonds is 4. The molecule has 1 aromatic heterocycles. The minimum absolute atomic E-state index is 0.265. The van der Waals surface area contributed by atoms with Crippen molar-refractivity contribution < 1.29 is 4.39 Å². The minimum Gasteiger partial charge on any atom is -0.352 e. The largest absolute Gasteiger partial charge is 0.352 e. The second kappa shape index (κ2) is 6.99. The van der Waals surface area contributed by atoms with E-state index in [0.29, 0.717) is 12.6 Å². The van der Waals surface area contributed by atoms with Crippen LogP contribution in [0.4, 0.5) is 10.2 Å². The van der Waals surface area contributed by atoms with Crippen LogP contribution in [0.25, 0.3) is 0 Å². The fourth-order valence-electron chi connectivity index (χ4n) is 2.92. The van der Waals surface area contributed by atoms with Crippen molar-refractivity contribution in [2.45, 2.75) is 32.4 Å². The highest BCUT2D eigenvalue weighted by atomic mass is 19.1. The van der Waals surface area contributed by atoms with E-state index in [-0.39, 0.29) is 5.82 Å². The highest BCUT2D eigenvalue weighted by molar-refractivity contribution is 5.48. The van der Waals surface area contributed by atoms with Gasteiger partial charge in [0.1, 0.15) is 11.6 Å². The molecule has 1 fully saturated rings. The minimum atomic E-state index is -0.265. The zero-order valence-corrected chi connectivity index (χ0v) is 12.7. The molecule has 1 atom stereocenters. The normalized spacial score (nSPS) is 21.0. The molecule has 5 heteroatoms. The first kappa shape index (κ1) is 15.2. The molecule has 0 amide bonds. The van der Waals surface area contributed by atoms with E-state index < -0.39 is 0 Å². The fraction of sp³-hybridized carbons (Fsp3) is 0.667.